The van der Waals surface area contributed by atoms with Crippen LogP contribution in [0.2, 0.25) is 0 Å². The lowest BCUT2D eigenvalue weighted by Gasteiger charge is -2.08. The summed E-state index contributed by atoms with van der Waals surface area (Å²) in [6, 6.07) is 7.24. The molecule has 4 rings (SSSR count). The van der Waals surface area contributed by atoms with Gasteiger partial charge >= 0.3 is 0 Å². The molecule has 3 aromatic heterocycles. The number of carbonyl (C=O) groups excluding carboxylic acids is 1. The van der Waals surface area contributed by atoms with Gasteiger partial charge < -0.3 is 25.4 Å². The molecule has 1 aromatic carbocycles. The Morgan fingerprint density at radius 2 is 1.97 bits per heavy atom. The number of benzene rings is 1. The van der Waals surface area contributed by atoms with E-state index < -0.39 is 0 Å². The molecule has 0 fully saturated rings. The standard InChI is InChI=1S/C20H22N8O4/c1-11-16(17(21)32-27-11)19-24-15(31-28-19)8-7-14(29)22-9-4-10-23-18-12-5-2-3-6-13(12)20(30)26-25-18/h2-3,5-6H,4,7-10,21H2,1H3,(H,22,29)(H,23,25)(H,26,30). The van der Waals surface area contributed by atoms with Crippen molar-refractivity contribution in [3.63, 3.8) is 0 Å². The van der Waals surface area contributed by atoms with Crippen LogP contribution in [0.1, 0.15) is 24.4 Å². The number of aromatic nitrogens is 5. The summed E-state index contributed by atoms with van der Waals surface area (Å²) in [7, 11) is 0. The minimum Gasteiger partial charge on any atom is -0.368 e. The first-order valence-electron chi connectivity index (χ1n) is 10.1. The van der Waals surface area contributed by atoms with Crippen molar-refractivity contribution in [1.82, 2.24) is 30.8 Å². The molecule has 0 radical (unpaired) electrons. The molecule has 32 heavy (non-hydrogen) atoms. The van der Waals surface area contributed by atoms with Gasteiger partial charge in [-0.3, -0.25) is 9.59 Å². The van der Waals surface area contributed by atoms with E-state index in [1.807, 2.05) is 12.1 Å². The predicted octanol–water partition coefficient (Wildman–Crippen LogP) is 1.40. The van der Waals surface area contributed by atoms with Gasteiger partial charge in [-0.05, 0) is 19.4 Å². The summed E-state index contributed by atoms with van der Waals surface area (Å²) in [5.41, 5.74) is 6.53. The highest BCUT2D eigenvalue weighted by Crippen LogP contribution is 2.26. The summed E-state index contributed by atoms with van der Waals surface area (Å²) in [5, 5.41) is 21.5. The fourth-order valence-corrected chi connectivity index (χ4v) is 3.20. The number of H-pyrrole nitrogens is 1. The second kappa shape index (κ2) is 9.29. The van der Waals surface area contributed by atoms with Crippen LogP contribution in [0.5, 0.6) is 0 Å². The quantitative estimate of drug-likeness (QED) is 0.279. The number of aromatic amines is 1. The van der Waals surface area contributed by atoms with Gasteiger partial charge in [-0.2, -0.15) is 10.1 Å². The molecular weight excluding hydrogens is 416 g/mol. The normalized spacial score (nSPS) is 11.0. The van der Waals surface area contributed by atoms with Gasteiger partial charge in [0.1, 0.15) is 5.56 Å². The summed E-state index contributed by atoms with van der Waals surface area (Å²) >= 11 is 0. The summed E-state index contributed by atoms with van der Waals surface area (Å²) in [6.45, 7) is 2.79. The summed E-state index contributed by atoms with van der Waals surface area (Å²) in [6.07, 6.45) is 1.19. The molecule has 166 valence electrons. The first-order chi connectivity index (χ1) is 15.5. The Morgan fingerprint density at radius 3 is 2.75 bits per heavy atom. The molecule has 0 saturated carbocycles. The van der Waals surface area contributed by atoms with Crippen LogP contribution in [0.25, 0.3) is 22.2 Å². The molecule has 0 atom stereocenters. The molecular formula is C20H22N8O4. The fourth-order valence-electron chi connectivity index (χ4n) is 3.20. The topological polar surface area (TPSA) is 178 Å². The molecule has 4 aromatic rings. The highest BCUT2D eigenvalue weighted by molar-refractivity contribution is 5.90. The van der Waals surface area contributed by atoms with Crippen LogP contribution in [0, 0.1) is 6.92 Å². The van der Waals surface area contributed by atoms with Crippen molar-refractivity contribution in [1.29, 1.82) is 0 Å². The van der Waals surface area contributed by atoms with Gasteiger partial charge in [-0.25, -0.2) is 5.10 Å². The van der Waals surface area contributed by atoms with E-state index in [0.717, 1.165) is 5.39 Å². The molecule has 0 aliphatic rings. The number of nitrogens with two attached hydrogens (primary N) is 1. The van der Waals surface area contributed by atoms with Crippen LogP contribution in [0.15, 0.2) is 38.1 Å². The summed E-state index contributed by atoms with van der Waals surface area (Å²) in [4.78, 5) is 28.1. The van der Waals surface area contributed by atoms with Crippen LogP contribution >= 0.6 is 0 Å². The molecule has 12 nitrogen and oxygen atoms in total. The van der Waals surface area contributed by atoms with E-state index in [2.05, 4.69) is 36.1 Å². The van der Waals surface area contributed by atoms with Gasteiger partial charge in [0.15, 0.2) is 5.82 Å². The lowest BCUT2D eigenvalue weighted by atomic mass is 10.2. The molecule has 3 heterocycles. The van der Waals surface area contributed by atoms with E-state index in [9.17, 15) is 9.59 Å². The zero-order valence-electron chi connectivity index (χ0n) is 17.3. The maximum absolute atomic E-state index is 12.1. The van der Waals surface area contributed by atoms with Crippen molar-refractivity contribution < 1.29 is 13.8 Å². The second-order valence-corrected chi connectivity index (χ2v) is 7.10. The smallest absolute Gasteiger partial charge is 0.272 e. The van der Waals surface area contributed by atoms with Crippen molar-refractivity contribution in [2.24, 2.45) is 0 Å². The molecule has 0 aliphatic heterocycles. The van der Waals surface area contributed by atoms with Gasteiger partial charge in [-0.1, -0.05) is 28.5 Å². The molecule has 0 unspecified atom stereocenters. The first kappa shape index (κ1) is 21.0. The Kier molecular flexibility index (Phi) is 6.10. The van der Waals surface area contributed by atoms with Crippen molar-refractivity contribution in [3.05, 3.63) is 46.2 Å². The monoisotopic (exact) mass is 438 g/mol. The van der Waals surface area contributed by atoms with Crippen molar-refractivity contribution in [2.75, 3.05) is 24.1 Å². The second-order valence-electron chi connectivity index (χ2n) is 7.10. The third-order valence-electron chi connectivity index (χ3n) is 4.81. The van der Waals surface area contributed by atoms with E-state index in [4.69, 9.17) is 14.8 Å². The molecule has 0 saturated heterocycles. The largest absolute Gasteiger partial charge is 0.368 e. The predicted molar refractivity (Wildman–Crippen MR) is 116 cm³/mol. The van der Waals surface area contributed by atoms with E-state index in [0.29, 0.717) is 54.3 Å². The number of nitrogens with one attached hydrogen (secondary N) is 3. The van der Waals surface area contributed by atoms with Crippen molar-refractivity contribution in [2.45, 2.75) is 26.2 Å². The van der Waals surface area contributed by atoms with Crippen LogP contribution in [-0.2, 0) is 11.2 Å². The van der Waals surface area contributed by atoms with Gasteiger partial charge in [0, 0.05) is 31.3 Å². The number of fused-ring (bicyclic) bond motifs is 1. The number of aryl methyl sites for hydroxylation is 2. The van der Waals surface area contributed by atoms with E-state index in [-0.39, 0.29) is 29.6 Å². The van der Waals surface area contributed by atoms with Gasteiger partial charge in [-0.15, -0.1) is 0 Å². The van der Waals surface area contributed by atoms with Crippen LogP contribution in [0.3, 0.4) is 0 Å². The maximum atomic E-state index is 12.1. The minimum absolute atomic E-state index is 0.117. The Hall–Kier alpha value is -4.22. The highest BCUT2D eigenvalue weighted by atomic mass is 16.5. The van der Waals surface area contributed by atoms with E-state index in [1.54, 1.807) is 19.1 Å². The molecule has 5 N–H and O–H groups in total. The SMILES string of the molecule is Cc1noc(N)c1-c1noc(CCC(=O)NCCCNc2n[nH]c(=O)c3ccccc23)n1. The Balaban J connectivity index is 1.20. The molecule has 0 bridgehead atoms. The van der Waals surface area contributed by atoms with Gasteiger partial charge in [0.25, 0.3) is 5.56 Å². The average Bonchev–Trinajstić information content (AvgIpc) is 3.39. The fraction of sp³-hybridized carbons (Fsp3) is 0.300. The number of hydrogen-bond donors (Lipinski definition) is 4. The van der Waals surface area contributed by atoms with Crippen molar-refractivity contribution >= 4 is 28.4 Å². The third-order valence-corrected chi connectivity index (χ3v) is 4.81. The van der Waals surface area contributed by atoms with E-state index >= 15 is 0 Å². The zero-order chi connectivity index (χ0) is 22.5. The first-order valence-corrected chi connectivity index (χ1v) is 10.1. The Labute approximate surface area is 181 Å². The van der Waals surface area contributed by atoms with Crippen molar-refractivity contribution in [3.8, 4) is 11.4 Å². The van der Waals surface area contributed by atoms with Crippen LogP contribution in [0.4, 0.5) is 11.7 Å². The molecule has 0 spiro atoms. The number of amides is 1. The highest BCUT2D eigenvalue weighted by Gasteiger charge is 2.18. The number of hydrogen-bond acceptors (Lipinski definition) is 10. The number of nitrogens with zero attached hydrogens (tertiary/aromatic N) is 4. The lowest BCUT2D eigenvalue weighted by molar-refractivity contribution is -0.121. The van der Waals surface area contributed by atoms with Crippen LogP contribution in [-0.4, -0.2) is 44.5 Å². The molecule has 1 amide bonds. The zero-order valence-corrected chi connectivity index (χ0v) is 17.3. The number of carbonyl (C=O) groups is 1. The third kappa shape index (κ3) is 4.58. The lowest BCUT2D eigenvalue weighted by Crippen LogP contribution is -2.26. The van der Waals surface area contributed by atoms with Crippen LogP contribution < -0.4 is 21.9 Å². The van der Waals surface area contributed by atoms with E-state index in [1.165, 1.54) is 0 Å². The summed E-state index contributed by atoms with van der Waals surface area (Å²) < 4.78 is 10.1. The van der Waals surface area contributed by atoms with Gasteiger partial charge in [0.05, 0.1) is 11.1 Å². The Bertz CT molecular complexity index is 1270. The average molecular weight is 438 g/mol. The molecule has 0 aliphatic carbocycles. The maximum Gasteiger partial charge on any atom is 0.272 e. The molecule has 12 heteroatoms. The minimum atomic E-state index is -0.230. The number of nitrogen functional groups attached to an aromatic ring is 1. The number of rotatable bonds is 9. The Morgan fingerprint density at radius 1 is 1.16 bits per heavy atom. The number of anilines is 2. The summed E-state index contributed by atoms with van der Waals surface area (Å²) in [5.74, 6) is 1.20. The van der Waals surface area contributed by atoms with Gasteiger partial charge in [0.2, 0.25) is 23.5 Å².